The fraction of sp³-hybridized carbons (Fsp3) is 1.00. The molecule has 7 heteroatoms. The molecule has 7 nitrogen and oxygen atoms in total. The molecule has 8 N–H and O–H groups in total. The van der Waals surface area contributed by atoms with E-state index in [1.165, 1.54) is 0 Å². The maximum Gasteiger partial charge on any atom is 0.158 e. The lowest BCUT2D eigenvalue weighted by molar-refractivity contribution is 0.00895. The second-order valence-electron chi connectivity index (χ2n) is 4.21. The van der Waals surface area contributed by atoms with E-state index in [9.17, 15) is 0 Å². The molecular formula is C8H20N6O. The van der Waals surface area contributed by atoms with Gasteiger partial charge in [0.15, 0.2) is 6.35 Å². The SMILES string of the molecule is NC(O)NC1CN(C2CC(N)NCN2)C1. The van der Waals surface area contributed by atoms with Crippen molar-refractivity contribution in [2.75, 3.05) is 19.8 Å². The highest BCUT2D eigenvalue weighted by Crippen LogP contribution is 2.15. The molecule has 15 heavy (non-hydrogen) atoms. The number of nitrogens with zero attached hydrogens (tertiary/aromatic N) is 1. The van der Waals surface area contributed by atoms with E-state index >= 15 is 0 Å². The van der Waals surface area contributed by atoms with E-state index in [1.807, 2.05) is 0 Å². The van der Waals surface area contributed by atoms with Crippen molar-refractivity contribution in [1.29, 1.82) is 0 Å². The standard InChI is InChI=1S/C8H20N6O/c9-6-1-7(12-4-11-6)14-2-5(3-14)13-8(10)15/h5-8,11-13,15H,1-4,9-10H2. The average molecular weight is 216 g/mol. The predicted molar refractivity (Wildman–Crippen MR) is 56.2 cm³/mol. The summed E-state index contributed by atoms with van der Waals surface area (Å²) < 4.78 is 0. The van der Waals surface area contributed by atoms with Crippen molar-refractivity contribution in [1.82, 2.24) is 20.9 Å². The first kappa shape index (κ1) is 11.2. The highest BCUT2D eigenvalue weighted by Gasteiger charge is 2.34. The molecule has 0 spiro atoms. The van der Waals surface area contributed by atoms with Crippen molar-refractivity contribution in [3.63, 3.8) is 0 Å². The van der Waals surface area contributed by atoms with Crippen LogP contribution in [-0.2, 0) is 0 Å². The van der Waals surface area contributed by atoms with Gasteiger partial charge in [0.1, 0.15) is 0 Å². The maximum atomic E-state index is 8.93. The molecule has 2 fully saturated rings. The summed E-state index contributed by atoms with van der Waals surface area (Å²) in [4.78, 5) is 2.29. The summed E-state index contributed by atoms with van der Waals surface area (Å²) in [6.45, 7) is 2.55. The number of aliphatic hydroxyl groups is 1. The van der Waals surface area contributed by atoms with Crippen LogP contribution in [0.2, 0.25) is 0 Å². The first-order valence-electron chi connectivity index (χ1n) is 5.31. The Labute approximate surface area is 89.2 Å². The summed E-state index contributed by atoms with van der Waals surface area (Å²) in [5.74, 6) is 0. The van der Waals surface area contributed by atoms with Gasteiger partial charge in [-0.05, 0) is 0 Å². The van der Waals surface area contributed by atoms with E-state index < -0.39 is 6.35 Å². The zero-order valence-corrected chi connectivity index (χ0v) is 8.69. The summed E-state index contributed by atoms with van der Waals surface area (Å²) >= 11 is 0. The van der Waals surface area contributed by atoms with Crippen LogP contribution in [0.15, 0.2) is 0 Å². The van der Waals surface area contributed by atoms with E-state index in [1.54, 1.807) is 0 Å². The summed E-state index contributed by atoms with van der Waals surface area (Å²) in [5, 5.41) is 18.3. The molecule has 0 radical (unpaired) electrons. The fourth-order valence-corrected chi connectivity index (χ4v) is 2.11. The third-order valence-corrected chi connectivity index (χ3v) is 2.94. The number of likely N-dealkylation sites (tertiary alicyclic amines) is 1. The summed E-state index contributed by atoms with van der Waals surface area (Å²) in [6, 6.07) is 0.290. The van der Waals surface area contributed by atoms with E-state index in [-0.39, 0.29) is 12.2 Å². The number of rotatable bonds is 3. The molecule has 2 rings (SSSR count). The van der Waals surface area contributed by atoms with Crippen LogP contribution in [0, 0.1) is 0 Å². The minimum Gasteiger partial charge on any atom is -0.366 e. The van der Waals surface area contributed by atoms with Gasteiger partial charge in [0.2, 0.25) is 0 Å². The lowest BCUT2D eigenvalue weighted by Crippen LogP contribution is -2.69. The van der Waals surface area contributed by atoms with Crippen LogP contribution in [0.4, 0.5) is 0 Å². The van der Waals surface area contributed by atoms with Gasteiger partial charge in [-0.1, -0.05) is 0 Å². The maximum absolute atomic E-state index is 8.93. The molecule has 2 aliphatic heterocycles. The van der Waals surface area contributed by atoms with Gasteiger partial charge in [0, 0.05) is 32.2 Å². The Morgan fingerprint density at radius 2 is 2.13 bits per heavy atom. The molecule has 0 aromatic carbocycles. The monoisotopic (exact) mass is 216 g/mol. The first-order valence-corrected chi connectivity index (χ1v) is 5.31. The first-order chi connectivity index (χ1) is 7.15. The lowest BCUT2D eigenvalue weighted by atomic mass is 10.1. The van der Waals surface area contributed by atoms with Crippen LogP contribution in [0.3, 0.4) is 0 Å². The second kappa shape index (κ2) is 4.71. The minimum atomic E-state index is -0.916. The second-order valence-corrected chi connectivity index (χ2v) is 4.21. The van der Waals surface area contributed by atoms with Gasteiger partial charge >= 0.3 is 0 Å². The number of hydrogen-bond acceptors (Lipinski definition) is 7. The topological polar surface area (TPSA) is 112 Å². The van der Waals surface area contributed by atoms with Crippen LogP contribution in [-0.4, -0.2) is 54.5 Å². The molecule has 0 aliphatic carbocycles. The molecule has 0 aromatic heterocycles. The third kappa shape index (κ3) is 2.85. The molecular weight excluding hydrogens is 196 g/mol. The van der Waals surface area contributed by atoms with Crippen LogP contribution in [0.25, 0.3) is 0 Å². The molecule has 0 saturated carbocycles. The normalized spacial score (nSPS) is 36.2. The average Bonchev–Trinajstić information content (AvgIpc) is 2.10. The Kier molecular flexibility index (Phi) is 3.52. The molecule has 2 saturated heterocycles. The van der Waals surface area contributed by atoms with Gasteiger partial charge in [-0.25, -0.2) is 0 Å². The molecule has 0 bridgehead atoms. The largest absolute Gasteiger partial charge is 0.366 e. The molecule has 2 heterocycles. The lowest BCUT2D eigenvalue weighted by Gasteiger charge is -2.47. The Morgan fingerprint density at radius 3 is 2.73 bits per heavy atom. The van der Waals surface area contributed by atoms with E-state index in [0.29, 0.717) is 6.17 Å². The van der Waals surface area contributed by atoms with Crippen LogP contribution in [0.5, 0.6) is 0 Å². The Balaban J connectivity index is 1.69. The Bertz CT molecular complexity index is 207. The Morgan fingerprint density at radius 1 is 1.40 bits per heavy atom. The van der Waals surface area contributed by atoms with Crippen molar-refractivity contribution in [3.05, 3.63) is 0 Å². The van der Waals surface area contributed by atoms with Gasteiger partial charge in [0.05, 0.1) is 12.3 Å². The predicted octanol–water partition coefficient (Wildman–Crippen LogP) is -3.35. The van der Waals surface area contributed by atoms with Gasteiger partial charge in [-0.3, -0.25) is 26.6 Å². The molecule has 3 atom stereocenters. The van der Waals surface area contributed by atoms with Crippen molar-refractivity contribution >= 4 is 0 Å². The quantitative estimate of drug-likeness (QED) is 0.273. The van der Waals surface area contributed by atoms with Crippen LogP contribution < -0.4 is 27.4 Å². The molecule has 2 aliphatic rings. The van der Waals surface area contributed by atoms with Gasteiger partial charge in [-0.2, -0.15) is 0 Å². The summed E-state index contributed by atoms with van der Waals surface area (Å²) in [7, 11) is 0. The summed E-state index contributed by atoms with van der Waals surface area (Å²) in [5.41, 5.74) is 11.0. The minimum absolute atomic E-state index is 0.0726. The van der Waals surface area contributed by atoms with Crippen molar-refractivity contribution in [2.45, 2.75) is 31.1 Å². The van der Waals surface area contributed by atoms with E-state index in [4.69, 9.17) is 16.6 Å². The van der Waals surface area contributed by atoms with Crippen molar-refractivity contribution in [2.24, 2.45) is 11.5 Å². The summed E-state index contributed by atoms with van der Waals surface area (Å²) in [6.07, 6.45) is 0.399. The van der Waals surface area contributed by atoms with Crippen molar-refractivity contribution in [3.8, 4) is 0 Å². The highest BCUT2D eigenvalue weighted by molar-refractivity contribution is 4.91. The van der Waals surface area contributed by atoms with Gasteiger partial charge in [0.25, 0.3) is 0 Å². The van der Waals surface area contributed by atoms with Crippen LogP contribution >= 0.6 is 0 Å². The number of aliphatic hydroxyl groups excluding tert-OH is 1. The van der Waals surface area contributed by atoms with Crippen molar-refractivity contribution < 1.29 is 5.11 Å². The molecule has 88 valence electrons. The number of nitrogens with two attached hydrogens (primary N) is 2. The van der Waals surface area contributed by atoms with Crippen LogP contribution in [0.1, 0.15) is 6.42 Å². The fourth-order valence-electron chi connectivity index (χ4n) is 2.11. The zero-order valence-electron chi connectivity index (χ0n) is 8.69. The smallest absolute Gasteiger partial charge is 0.158 e. The molecule has 0 aromatic rings. The number of hydrogen-bond donors (Lipinski definition) is 6. The number of nitrogens with one attached hydrogen (secondary N) is 3. The van der Waals surface area contributed by atoms with E-state index in [2.05, 4.69) is 20.9 Å². The highest BCUT2D eigenvalue weighted by atomic mass is 16.3. The zero-order chi connectivity index (χ0) is 10.8. The molecule has 3 unspecified atom stereocenters. The third-order valence-electron chi connectivity index (χ3n) is 2.94. The Hall–Kier alpha value is -0.280. The van der Waals surface area contributed by atoms with Gasteiger partial charge in [-0.15, -0.1) is 0 Å². The van der Waals surface area contributed by atoms with E-state index in [0.717, 1.165) is 26.2 Å². The van der Waals surface area contributed by atoms with Gasteiger partial charge < -0.3 is 10.8 Å². The molecule has 0 amide bonds.